The molecule has 0 unspecified atom stereocenters. The van der Waals surface area contributed by atoms with Gasteiger partial charge in [0.05, 0.1) is 13.0 Å². The molecular weight excluding hydrogens is 358 g/mol. The highest BCUT2D eigenvalue weighted by atomic mass is 16.5. The lowest BCUT2D eigenvalue weighted by Gasteiger charge is -2.27. The molecule has 0 fully saturated rings. The molecule has 3 nitrogen and oxygen atoms in total. The van der Waals surface area contributed by atoms with Crippen molar-refractivity contribution in [2.75, 3.05) is 7.11 Å². The Morgan fingerprint density at radius 1 is 0.966 bits per heavy atom. The second-order valence-corrected chi connectivity index (χ2v) is 7.52. The van der Waals surface area contributed by atoms with E-state index in [9.17, 15) is 4.79 Å². The maximum absolute atomic E-state index is 12.7. The van der Waals surface area contributed by atoms with Crippen LogP contribution in [0, 0.1) is 5.92 Å². The summed E-state index contributed by atoms with van der Waals surface area (Å²) in [5, 5.41) is 3.62. The number of esters is 1. The standard InChI is InChI=1S/C26H35NO2/c1-3-4-5-6-7-8-15-20-24(26(28)29-2)25(23-18-13-10-14-19-23)27-21-22-16-11-9-12-17-22/h3,9-14,16-19,24-25,27H,1,4-8,15,20-21H2,2H3/t24-,25+/m1/s1. The minimum atomic E-state index is -0.195. The van der Waals surface area contributed by atoms with E-state index in [1.165, 1.54) is 31.9 Å². The quantitative estimate of drug-likeness (QED) is 0.235. The zero-order valence-corrected chi connectivity index (χ0v) is 17.7. The summed E-state index contributed by atoms with van der Waals surface area (Å²) in [7, 11) is 1.49. The van der Waals surface area contributed by atoms with Crippen LogP contribution in [0.4, 0.5) is 0 Å². The van der Waals surface area contributed by atoms with Crippen molar-refractivity contribution in [3.63, 3.8) is 0 Å². The van der Waals surface area contributed by atoms with Crippen LogP contribution in [-0.2, 0) is 16.1 Å². The van der Waals surface area contributed by atoms with E-state index >= 15 is 0 Å². The van der Waals surface area contributed by atoms with Crippen molar-refractivity contribution in [3.05, 3.63) is 84.4 Å². The Morgan fingerprint density at radius 2 is 1.59 bits per heavy atom. The zero-order valence-electron chi connectivity index (χ0n) is 17.7. The normalized spacial score (nSPS) is 12.9. The van der Waals surface area contributed by atoms with Crippen LogP contribution in [0.5, 0.6) is 0 Å². The highest BCUT2D eigenvalue weighted by molar-refractivity contribution is 5.73. The summed E-state index contributed by atoms with van der Waals surface area (Å²) in [6.07, 6.45) is 9.71. The Morgan fingerprint density at radius 3 is 2.24 bits per heavy atom. The number of unbranched alkanes of at least 4 members (excludes halogenated alkanes) is 5. The van der Waals surface area contributed by atoms with E-state index < -0.39 is 0 Å². The predicted octanol–water partition coefficient (Wildman–Crippen LogP) is 6.22. The molecule has 2 atom stereocenters. The van der Waals surface area contributed by atoms with Gasteiger partial charge < -0.3 is 10.1 Å². The van der Waals surface area contributed by atoms with Gasteiger partial charge >= 0.3 is 5.97 Å². The summed E-state index contributed by atoms with van der Waals surface area (Å²) in [5.41, 5.74) is 2.34. The molecule has 0 aliphatic rings. The lowest BCUT2D eigenvalue weighted by molar-refractivity contribution is -0.147. The summed E-state index contributed by atoms with van der Waals surface area (Å²) in [5.74, 6) is -0.328. The third-order valence-electron chi connectivity index (χ3n) is 5.36. The van der Waals surface area contributed by atoms with E-state index in [0.717, 1.165) is 37.8 Å². The van der Waals surface area contributed by atoms with Gasteiger partial charge in [-0.05, 0) is 30.4 Å². The largest absolute Gasteiger partial charge is 0.469 e. The molecule has 29 heavy (non-hydrogen) atoms. The van der Waals surface area contributed by atoms with Crippen LogP contribution < -0.4 is 5.32 Å². The maximum atomic E-state index is 12.7. The molecule has 2 aromatic rings. The zero-order chi connectivity index (χ0) is 20.7. The molecule has 0 radical (unpaired) electrons. The Balaban J connectivity index is 2.03. The smallest absolute Gasteiger partial charge is 0.310 e. The third-order valence-corrected chi connectivity index (χ3v) is 5.36. The Kier molecular flexibility index (Phi) is 10.8. The number of nitrogens with one attached hydrogen (secondary N) is 1. The number of rotatable bonds is 14. The van der Waals surface area contributed by atoms with Gasteiger partial charge in [-0.15, -0.1) is 6.58 Å². The highest BCUT2D eigenvalue weighted by Gasteiger charge is 2.29. The summed E-state index contributed by atoms with van der Waals surface area (Å²) >= 11 is 0. The van der Waals surface area contributed by atoms with Crippen LogP contribution in [0.2, 0.25) is 0 Å². The molecule has 2 aromatic carbocycles. The van der Waals surface area contributed by atoms with Crippen LogP contribution in [0.3, 0.4) is 0 Å². The number of methoxy groups -OCH3 is 1. The average Bonchev–Trinajstić information content (AvgIpc) is 2.78. The molecule has 2 rings (SSSR count). The van der Waals surface area contributed by atoms with Crippen molar-refractivity contribution in [1.82, 2.24) is 5.32 Å². The molecule has 0 saturated carbocycles. The van der Waals surface area contributed by atoms with Crippen molar-refractivity contribution < 1.29 is 9.53 Å². The van der Waals surface area contributed by atoms with E-state index in [1.807, 2.05) is 42.5 Å². The van der Waals surface area contributed by atoms with E-state index in [0.29, 0.717) is 0 Å². The molecular formula is C26H35NO2. The minimum Gasteiger partial charge on any atom is -0.469 e. The van der Waals surface area contributed by atoms with E-state index in [2.05, 4.69) is 36.2 Å². The lowest BCUT2D eigenvalue weighted by Crippen LogP contribution is -2.33. The van der Waals surface area contributed by atoms with Gasteiger partial charge in [-0.25, -0.2) is 0 Å². The molecule has 3 heteroatoms. The lowest BCUT2D eigenvalue weighted by atomic mass is 9.88. The molecule has 0 saturated heterocycles. The second-order valence-electron chi connectivity index (χ2n) is 7.52. The first-order valence-corrected chi connectivity index (χ1v) is 10.8. The maximum Gasteiger partial charge on any atom is 0.310 e. The fourth-order valence-corrected chi connectivity index (χ4v) is 3.73. The van der Waals surface area contributed by atoms with Crippen molar-refractivity contribution in [1.29, 1.82) is 0 Å². The van der Waals surface area contributed by atoms with Crippen molar-refractivity contribution in [2.45, 2.75) is 57.5 Å². The fourth-order valence-electron chi connectivity index (χ4n) is 3.73. The average molecular weight is 394 g/mol. The van der Waals surface area contributed by atoms with Gasteiger partial charge in [0.25, 0.3) is 0 Å². The Labute approximate surface area is 176 Å². The van der Waals surface area contributed by atoms with E-state index in [4.69, 9.17) is 4.74 Å². The molecule has 0 heterocycles. The molecule has 0 amide bonds. The van der Waals surface area contributed by atoms with Gasteiger partial charge in [-0.1, -0.05) is 92.4 Å². The summed E-state index contributed by atoms with van der Waals surface area (Å²) < 4.78 is 5.19. The van der Waals surface area contributed by atoms with E-state index in [-0.39, 0.29) is 17.9 Å². The van der Waals surface area contributed by atoms with Crippen LogP contribution in [0.25, 0.3) is 0 Å². The van der Waals surface area contributed by atoms with Gasteiger partial charge in [0.15, 0.2) is 0 Å². The number of carbonyl (C=O) groups excluding carboxylic acids is 1. The SMILES string of the molecule is C=CCCCCCCC[C@@H](C(=O)OC)[C@@H](NCc1ccccc1)c1ccccc1. The van der Waals surface area contributed by atoms with Gasteiger partial charge in [0.1, 0.15) is 0 Å². The molecule has 156 valence electrons. The molecule has 0 aliphatic heterocycles. The summed E-state index contributed by atoms with van der Waals surface area (Å²) in [4.78, 5) is 12.7. The highest BCUT2D eigenvalue weighted by Crippen LogP contribution is 2.28. The number of carbonyl (C=O) groups is 1. The molecule has 0 bridgehead atoms. The molecule has 0 aromatic heterocycles. The third kappa shape index (κ3) is 8.25. The minimum absolute atomic E-state index is 0.0652. The number of hydrogen-bond acceptors (Lipinski definition) is 3. The Hall–Kier alpha value is -2.39. The van der Waals surface area contributed by atoms with Gasteiger partial charge in [0, 0.05) is 12.6 Å². The van der Waals surface area contributed by atoms with Crippen molar-refractivity contribution in [2.24, 2.45) is 5.92 Å². The topological polar surface area (TPSA) is 38.3 Å². The molecule has 1 N–H and O–H groups in total. The predicted molar refractivity (Wildman–Crippen MR) is 120 cm³/mol. The number of benzene rings is 2. The van der Waals surface area contributed by atoms with Crippen LogP contribution in [0.15, 0.2) is 73.3 Å². The monoisotopic (exact) mass is 393 g/mol. The van der Waals surface area contributed by atoms with Gasteiger partial charge in [-0.3, -0.25) is 4.79 Å². The fraction of sp³-hybridized carbons (Fsp3) is 0.423. The van der Waals surface area contributed by atoms with Crippen molar-refractivity contribution in [3.8, 4) is 0 Å². The van der Waals surface area contributed by atoms with Gasteiger partial charge in [-0.2, -0.15) is 0 Å². The molecule has 0 aliphatic carbocycles. The van der Waals surface area contributed by atoms with Crippen LogP contribution >= 0.6 is 0 Å². The number of allylic oxidation sites excluding steroid dienone is 1. The summed E-state index contributed by atoms with van der Waals surface area (Å²) in [6, 6.07) is 20.5. The first kappa shape index (κ1) is 22.9. The Bertz CT molecular complexity index is 699. The first-order valence-electron chi connectivity index (χ1n) is 10.8. The first-order chi connectivity index (χ1) is 14.3. The van der Waals surface area contributed by atoms with Crippen LogP contribution in [0.1, 0.15) is 62.1 Å². The van der Waals surface area contributed by atoms with E-state index in [1.54, 1.807) is 0 Å². The van der Waals surface area contributed by atoms with Crippen molar-refractivity contribution >= 4 is 5.97 Å². The second kappa shape index (κ2) is 13.7. The summed E-state index contributed by atoms with van der Waals surface area (Å²) in [6.45, 7) is 4.49. The van der Waals surface area contributed by atoms with Crippen LogP contribution in [-0.4, -0.2) is 13.1 Å². The number of ether oxygens (including phenoxy) is 1. The number of hydrogen-bond donors (Lipinski definition) is 1. The molecule has 0 spiro atoms. The van der Waals surface area contributed by atoms with Gasteiger partial charge in [0.2, 0.25) is 0 Å².